The molecule has 1 fully saturated rings. The average Bonchev–Trinajstić information content (AvgIpc) is 2.83. The first kappa shape index (κ1) is 21.0. The van der Waals surface area contributed by atoms with Crippen molar-refractivity contribution in [3.63, 3.8) is 0 Å². The van der Waals surface area contributed by atoms with Gasteiger partial charge in [0.1, 0.15) is 0 Å². The van der Waals surface area contributed by atoms with Crippen molar-refractivity contribution in [2.45, 2.75) is 0 Å². The molecule has 0 spiro atoms. The van der Waals surface area contributed by atoms with Crippen molar-refractivity contribution in [3.8, 4) is 11.3 Å². The number of anilines is 1. The predicted molar refractivity (Wildman–Crippen MR) is 134 cm³/mol. The van der Waals surface area contributed by atoms with Crippen molar-refractivity contribution in [3.05, 3.63) is 93.9 Å². The Kier molecular flexibility index (Phi) is 5.85. The Balaban J connectivity index is 1.46. The maximum atomic E-state index is 13.6. The molecule has 0 aliphatic carbocycles. The lowest BCUT2D eigenvalue weighted by molar-refractivity contribution is 0.0748. The lowest BCUT2D eigenvalue weighted by Gasteiger charge is -2.36. The van der Waals surface area contributed by atoms with E-state index < -0.39 is 0 Å². The Morgan fingerprint density at radius 3 is 2.41 bits per heavy atom. The fourth-order valence-electron chi connectivity index (χ4n) is 4.14. The Hall–Kier alpha value is -2.89. The van der Waals surface area contributed by atoms with Crippen LogP contribution in [0.4, 0.5) is 5.69 Å². The molecule has 2 heterocycles. The number of benzene rings is 3. The molecule has 32 heavy (non-hydrogen) atoms. The highest BCUT2D eigenvalue weighted by Crippen LogP contribution is 2.29. The molecule has 3 aromatic carbocycles. The number of amides is 1. The highest BCUT2D eigenvalue weighted by atomic mass is 79.9. The summed E-state index contributed by atoms with van der Waals surface area (Å²) in [4.78, 5) is 22.7. The van der Waals surface area contributed by atoms with E-state index >= 15 is 0 Å². The second-order valence-electron chi connectivity index (χ2n) is 7.84. The highest BCUT2D eigenvalue weighted by Gasteiger charge is 2.24. The second kappa shape index (κ2) is 8.93. The van der Waals surface area contributed by atoms with Gasteiger partial charge in [-0.05, 0) is 42.5 Å². The summed E-state index contributed by atoms with van der Waals surface area (Å²) in [6.45, 7) is 2.85. The molecule has 0 N–H and O–H groups in total. The molecule has 1 aliphatic rings. The zero-order valence-corrected chi connectivity index (χ0v) is 19.7. The smallest absolute Gasteiger partial charge is 0.254 e. The molecule has 160 valence electrons. The largest absolute Gasteiger partial charge is 0.368 e. The minimum Gasteiger partial charge on any atom is -0.368 e. The van der Waals surface area contributed by atoms with Crippen LogP contribution in [0.15, 0.2) is 83.3 Å². The van der Waals surface area contributed by atoms with Crippen LogP contribution in [0.3, 0.4) is 0 Å². The molecule has 0 saturated carbocycles. The number of aromatic nitrogens is 1. The van der Waals surface area contributed by atoms with E-state index in [4.69, 9.17) is 16.6 Å². The molecule has 1 aliphatic heterocycles. The van der Waals surface area contributed by atoms with Gasteiger partial charge >= 0.3 is 0 Å². The molecule has 0 atom stereocenters. The van der Waals surface area contributed by atoms with Gasteiger partial charge in [-0.3, -0.25) is 4.79 Å². The summed E-state index contributed by atoms with van der Waals surface area (Å²) in [6, 6.07) is 25.7. The minimum absolute atomic E-state index is 0.0402. The third kappa shape index (κ3) is 4.23. The van der Waals surface area contributed by atoms with E-state index in [-0.39, 0.29) is 5.91 Å². The van der Waals surface area contributed by atoms with Crippen molar-refractivity contribution in [2.75, 3.05) is 31.1 Å². The van der Waals surface area contributed by atoms with Gasteiger partial charge in [0, 0.05) is 52.3 Å². The number of hydrogen-bond donors (Lipinski definition) is 0. The fraction of sp³-hybridized carbons (Fsp3) is 0.154. The summed E-state index contributed by atoms with van der Waals surface area (Å²) in [6.07, 6.45) is 0. The molecular weight excluding hydrogens is 486 g/mol. The Morgan fingerprint density at radius 2 is 1.66 bits per heavy atom. The normalized spacial score (nSPS) is 14.1. The average molecular weight is 507 g/mol. The number of fused-ring (bicyclic) bond motifs is 1. The fourth-order valence-corrected chi connectivity index (χ4v) is 4.69. The number of nitrogens with zero attached hydrogens (tertiary/aromatic N) is 3. The number of rotatable bonds is 3. The first-order valence-electron chi connectivity index (χ1n) is 10.5. The third-order valence-electron chi connectivity index (χ3n) is 5.81. The summed E-state index contributed by atoms with van der Waals surface area (Å²) in [5.41, 5.74) is 4.40. The van der Waals surface area contributed by atoms with Gasteiger partial charge in [-0.25, -0.2) is 4.98 Å². The quantitative estimate of drug-likeness (QED) is 0.328. The maximum absolute atomic E-state index is 13.6. The monoisotopic (exact) mass is 505 g/mol. The van der Waals surface area contributed by atoms with E-state index in [0.717, 1.165) is 50.4 Å². The van der Waals surface area contributed by atoms with Crippen LogP contribution in [0, 0.1) is 0 Å². The lowest BCUT2D eigenvalue weighted by atomic mass is 10.0. The molecular formula is C26H21BrClN3O. The van der Waals surface area contributed by atoms with Crippen LogP contribution in [0.2, 0.25) is 5.02 Å². The van der Waals surface area contributed by atoms with E-state index in [1.165, 1.54) is 0 Å². The third-order valence-corrected chi connectivity index (χ3v) is 6.54. The Morgan fingerprint density at radius 1 is 0.875 bits per heavy atom. The summed E-state index contributed by atoms with van der Waals surface area (Å²) in [5.74, 6) is 0.0402. The molecule has 0 unspecified atom stereocenters. The molecule has 0 radical (unpaired) electrons. The van der Waals surface area contributed by atoms with Crippen LogP contribution in [-0.2, 0) is 0 Å². The van der Waals surface area contributed by atoms with Gasteiger partial charge in [-0.2, -0.15) is 0 Å². The Bertz CT molecular complexity index is 1290. The second-order valence-corrected chi connectivity index (χ2v) is 9.19. The van der Waals surface area contributed by atoms with Gasteiger partial charge in [0.15, 0.2) is 0 Å². The summed E-state index contributed by atoms with van der Waals surface area (Å²) >= 11 is 9.70. The molecule has 5 rings (SSSR count). The van der Waals surface area contributed by atoms with Crippen LogP contribution < -0.4 is 4.90 Å². The molecule has 4 nitrogen and oxygen atoms in total. The van der Waals surface area contributed by atoms with Crippen molar-refractivity contribution in [1.29, 1.82) is 0 Å². The minimum atomic E-state index is 0.0402. The van der Waals surface area contributed by atoms with Crippen molar-refractivity contribution < 1.29 is 4.79 Å². The number of piperazine rings is 1. The van der Waals surface area contributed by atoms with Crippen molar-refractivity contribution >= 4 is 50.0 Å². The van der Waals surface area contributed by atoms with E-state index in [2.05, 4.69) is 26.9 Å². The van der Waals surface area contributed by atoms with Crippen LogP contribution in [0.5, 0.6) is 0 Å². The maximum Gasteiger partial charge on any atom is 0.254 e. The standard InChI is InChI=1S/C26H21BrClN3O/c27-19-9-10-24-22(15-19)23(17-25(29-24)18-5-2-1-3-6-18)26(32)31-13-11-30(12-14-31)21-8-4-7-20(28)16-21/h1-10,15-17H,11-14H2. The van der Waals surface area contributed by atoms with Gasteiger partial charge in [-0.1, -0.05) is 63.9 Å². The molecule has 6 heteroatoms. The predicted octanol–water partition coefficient (Wildman–Crippen LogP) is 6.28. The van der Waals surface area contributed by atoms with Gasteiger partial charge < -0.3 is 9.80 Å². The van der Waals surface area contributed by atoms with E-state index in [9.17, 15) is 4.79 Å². The molecule has 4 aromatic rings. The van der Waals surface area contributed by atoms with Crippen molar-refractivity contribution in [1.82, 2.24) is 9.88 Å². The summed E-state index contributed by atoms with van der Waals surface area (Å²) in [5, 5.41) is 1.59. The number of pyridine rings is 1. The van der Waals surface area contributed by atoms with Gasteiger partial charge in [-0.15, -0.1) is 0 Å². The number of hydrogen-bond acceptors (Lipinski definition) is 3. The molecule has 1 aromatic heterocycles. The summed E-state index contributed by atoms with van der Waals surface area (Å²) < 4.78 is 0.930. The number of carbonyl (C=O) groups is 1. The lowest BCUT2D eigenvalue weighted by Crippen LogP contribution is -2.48. The van der Waals surface area contributed by atoms with E-state index in [0.29, 0.717) is 18.7 Å². The van der Waals surface area contributed by atoms with Crippen LogP contribution in [0.25, 0.3) is 22.2 Å². The summed E-state index contributed by atoms with van der Waals surface area (Å²) in [7, 11) is 0. The first-order valence-corrected chi connectivity index (χ1v) is 11.7. The van der Waals surface area contributed by atoms with Gasteiger partial charge in [0.25, 0.3) is 5.91 Å². The van der Waals surface area contributed by atoms with Gasteiger partial charge in [0.05, 0.1) is 16.8 Å². The Labute approximate surface area is 200 Å². The molecule has 1 amide bonds. The van der Waals surface area contributed by atoms with Crippen LogP contribution >= 0.6 is 27.5 Å². The first-order chi connectivity index (χ1) is 15.6. The van der Waals surface area contributed by atoms with Crippen molar-refractivity contribution in [2.24, 2.45) is 0 Å². The molecule has 1 saturated heterocycles. The van der Waals surface area contributed by atoms with E-state index in [1.807, 2.05) is 77.7 Å². The zero-order chi connectivity index (χ0) is 22.1. The number of halogens is 2. The zero-order valence-electron chi connectivity index (χ0n) is 17.3. The van der Waals surface area contributed by atoms with Gasteiger partial charge in [0.2, 0.25) is 0 Å². The SMILES string of the molecule is O=C(c1cc(-c2ccccc2)nc2ccc(Br)cc12)N1CCN(c2cccc(Cl)c2)CC1. The molecule has 0 bridgehead atoms. The van der Waals surface area contributed by atoms with Crippen LogP contribution in [-0.4, -0.2) is 42.0 Å². The highest BCUT2D eigenvalue weighted by molar-refractivity contribution is 9.10. The van der Waals surface area contributed by atoms with E-state index in [1.54, 1.807) is 0 Å². The number of carbonyl (C=O) groups excluding carboxylic acids is 1. The topological polar surface area (TPSA) is 36.4 Å². The van der Waals surface area contributed by atoms with Crippen LogP contribution in [0.1, 0.15) is 10.4 Å².